The molecule has 0 aliphatic carbocycles. The zero-order chi connectivity index (χ0) is 18.2. The molecule has 134 valence electrons. The molecule has 0 unspecified atom stereocenters. The number of likely N-dealkylation sites (N-methyl/N-ethyl adjacent to an activating group) is 1. The van der Waals surface area contributed by atoms with Crippen LogP contribution >= 0.6 is 0 Å². The van der Waals surface area contributed by atoms with E-state index in [1.807, 2.05) is 12.1 Å². The minimum Gasteiger partial charge on any atom is -0.494 e. The number of ether oxygens (including phenoxy) is 2. The number of rotatable bonds is 8. The Morgan fingerprint density at radius 2 is 1.75 bits per heavy atom. The fourth-order valence-electron chi connectivity index (χ4n) is 2.14. The van der Waals surface area contributed by atoms with Crippen molar-refractivity contribution in [3.8, 4) is 5.75 Å². The maximum absolute atomic E-state index is 11.9. The average molecular weight is 335 g/mol. The third kappa shape index (κ3) is 7.02. The summed E-state index contributed by atoms with van der Waals surface area (Å²) in [6, 6.07) is 8.03. The van der Waals surface area contributed by atoms with Crippen molar-refractivity contribution >= 4 is 11.9 Å². The summed E-state index contributed by atoms with van der Waals surface area (Å²) in [5, 5.41) is 0. The largest absolute Gasteiger partial charge is 0.494 e. The smallest absolute Gasteiger partial charge is 0.325 e. The van der Waals surface area contributed by atoms with Gasteiger partial charge in [-0.15, -0.1) is 0 Å². The molecule has 0 bridgehead atoms. The molecule has 5 heteroatoms. The first-order valence-corrected chi connectivity index (χ1v) is 8.37. The predicted octanol–water partition coefficient (Wildman–Crippen LogP) is 3.16. The molecule has 5 nitrogen and oxygen atoms in total. The molecule has 1 rings (SSSR count). The fraction of sp³-hybridized carbons (Fsp3) is 0.579. The van der Waals surface area contributed by atoms with Gasteiger partial charge in [0.2, 0.25) is 5.91 Å². The predicted molar refractivity (Wildman–Crippen MR) is 94.1 cm³/mol. The van der Waals surface area contributed by atoms with Crippen LogP contribution < -0.4 is 4.74 Å². The molecule has 0 spiro atoms. The lowest BCUT2D eigenvalue weighted by atomic mass is 9.87. The topological polar surface area (TPSA) is 55.8 Å². The highest BCUT2D eigenvalue weighted by atomic mass is 16.5. The quantitative estimate of drug-likeness (QED) is 0.541. The summed E-state index contributed by atoms with van der Waals surface area (Å²) in [7, 11) is 1.60. The maximum atomic E-state index is 11.9. The van der Waals surface area contributed by atoms with E-state index in [0.29, 0.717) is 26.1 Å². The molecule has 0 fully saturated rings. The Morgan fingerprint density at radius 1 is 1.12 bits per heavy atom. The molecular weight excluding hydrogens is 306 g/mol. The number of hydrogen-bond donors (Lipinski definition) is 0. The van der Waals surface area contributed by atoms with Crippen molar-refractivity contribution in [3.63, 3.8) is 0 Å². The van der Waals surface area contributed by atoms with Crippen LogP contribution in [0.1, 0.15) is 46.1 Å². The van der Waals surface area contributed by atoms with Gasteiger partial charge in [-0.2, -0.15) is 0 Å². The zero-order valence-corrected chi connectivity index (χ0v) is 15.4. The van der Waals surface area contributed by atoms with E-state index in [0.717, 1.165) is 5.75 Å². The van der Waals surface area contributed by atoms with Crippen molar-refractivity contribution in [2.45, 2.75) is 46.0 Å². The van der Waals surface area contributed by atoms with E-state index in [1.165, 1.54) is 10.5 Å². The zero-order valence-electron chi connectivity index (χ0n) is 15.4. The standard InChI is InChI=1S/C19H29NO4/c1-6-23-18(22)14-20(5)17(21)8-7-13-24-16-11-9-15(10-12-16)19(2,3)4/h9-12H,6-8,13-14H2,1-5H3. The minimum atomic E-state index is -0.386. The van der Waals surface area contributed by atoms with Crippen LogP contribution in [0.15, 0.2) is 24.3 Å². The second-order valence-electron chi connectivity index (χ2n) is 6.78. The highest BCUT2D eigenvalue weighted by Crippen LogP contribution is 2.24. The van der Waals surface area contributed by atoms with E-state index < -0.39 is 0 Å². The molecule has 0 heterocycles. The molecular formula is C19H29NO4. The van der Waals surface area contributed by atoms with Crippen LogP contribution in [0, 0.1) is 0 Å². The van der Waals surface area contributed by atoms with Gasteiger partial charge in [0.15, 0.2) is 0 Å². The highest BCUT2D eigenvalue weighted by Gasteiger charge is 2.14. The Kier molecular flexibility index (Phi) is 7.75. The summed E-state index contributed by atoms with van der Waals surface area (Å²) >= 11 is 0. The average Bonchev–Trinajstić information content (AvgIpc) is 2.51. The minimum absolute atomic E-state index is 0.0121. The molecule has 1 aromatic carbocycles. The highest BCUT2D eigenvalue weighted by molar-refractivity contribution is 5.81. The van der Waals surface area contributed by atoms with Gasteiger partial charge in [0.05, 0.1) is 13.2 Å². The van der Waals surface area contributed by atoms with Crippen LogP contribution in [-0.4, -0.2) is 43.6 Å². The van der Waals surface area contributed by atoms with Crippen LogP contribution in [-0.2, 0) is 19.7 Å². The summed E-state index contributed by atoms with van der Waals surface area (Å²) in [6.45, 7) is 9.02. The lowest BCUT2D eigenvalue weighted by molar-refractivity contribution is -0.148. The van der Waals surface area contributed by atoms with Gasteiger partial charge in [0.25, 0.3) is 0 Å². The van der Waals surface area contributed by atoms with Crippen molar-refractivity contribution in [1.29, 1.82) is 0 Å². The third-order valence-corrected chi connectivity index (χ3v) is 3.62. The number of esters is 1. The van der Waals surface area contributed by atoms with Crippen molar-refractivity contribution in [1.82, 2.24) is 4.90 Å². The first kappa shape index (κ1) is 20.0. The second-order valence-corrected chi connectivity index (χ2v) is 6.78. The number of carbonyl (C=O) groups excluding carboxylic acids is 2. The van der Waals surface area contributed by atoms with E-state index in [4.69, 9.17) is 9.47 Å². The summed E-state index contributed by atoms with van der Waals surface area (Å²) < 4.78 is 10.5. The van der Waals surface area contributed by atoms with Gasteiger partial charge < -0.3 is 14.4 Å². The van der Waals surface area contributed by atoms with E-state index in [9.17, 15) is 9.59 Å². The number of nitrogens with zero attached hydrogens (tertiary/aromatic N) is 1. The lowest BCUT2D eigenvalue weighted by Crippen LogP contribution is -2.33. The maximum Gasteiger partial charge on any atom is 0.325 e. The molecule has 0 aliphatic rings. The van der Waals surface area contributed by atoms with E-state index in [-0.39, 0.29) is 23.8 Å². The van der Waals surface area contributed by atoms with Gasteiger partial charge in [-0.1, -0.05) is 32.9 Å². The summed E-state index contributed by atoms with van der Waals surface area (Å²) in [6.07, 6.45) is 0.947. The normalized spacial score (nSPS) is 11.0. The number of amides is 1. The van der Waals surface area contributed by atoms with Gasteiger partial charge in [0.1, 0.15) is 12.3 Å². The number of carbonyl (C=O) groups is 2. The van der Waals surface area contributed by atoms with Crippen molar-refractivity contribution in [2.24, 2.45) is 0 Å². The van der Waals surface area contributed by atoms with Gasteiger partial charge in [-0.3, -0.25) is 9.59 Å². The third-order valence-electron chi connectivity index (χ3n) is 3.62. The van der Waals surface area contributed by atoms with Crippen LogP contribution in [0.3, 0.4) is 0 Å². The summed E-state index contributed by atoms with van der Waals surface area (Å²) in [5.74, 6) is 0.327. The lowest BCUT2D eigenvalue weighted by Gasteiger charge is -2.19. The van der Waals surface area contributed by atoms with E-state index in [2.05, 4.69) is 32.9 Å². The van der Waals surface area contributed by atoms with Gasteiger partial charge >= 0.3 is 5.97 Å². The van der Waals surface area contributed by atoms with Crippen LogP contribution in [0.25, 0.3) is 0 Å². The molecule has 0 atom stereocenters. The van der Waals surface area contributed by atoms with Crippen LogP contribution in [0.4, 0.5) is 0 Å². The Balaban J connectivity index is 2.30. The van der Waals surface area contributed by atoms with Crippen LogP contribution in [0.5, 0.6) is 5.75 Å². The van der Waals surface area contributed by atoms with Crippen LogP contribution in [0.2, 0.25) is 0 Å². The Morgan fingerprint density at radius 3 is 2.29 bits per heavy atom. The molecule has 0 radical (unpaired) electrons. The van der Waals surface area contributed by atoms with Crippen molar-refractivity contribution < 1.29 is 19.1 Å². The van der Waals surface area contributed by atoms with Gasteiger partial charge in [-0.05, 0) is 36.5 Å². The summed E-state index contributed by atoms with van der Waals surface area (Å²) in [5.41, 5.74) is 1.37. The van der Waals surface area contributed by atoms with Gasteiger partial charge in [-0.25, -0.2) is 0 Å². The molecule has 1 amide bonds. The van der Waals surface area contributed by atoms with Crippen molar-refractivity contribution in [2.75, 3.05) is 26.8 Å². The first-order valence-electron chi connectivity index (χ1n) is 8.37. The van der Waals surface area contributed by atoms with Crippen molar-refractivity contribution in [3.05, 3.63) is 29.8 Å². The number of hydrogen-bond acceptors (Lipinski definition) is 4. The Hall–Kier alpha value is -2.04. The molecule has 0 aliphatic heterocycles. The SMILES string of the molecule is CCOC(=O)CN(C)C(=O)CCCOc1ccc(C(C)(C)C)cc1. The van der Waals surface area contributed by atoms with Gasteiger partial charge in [0, 0.05) is 13.5 Å². The fourth-order valence-corrected chi connectivity index (χ4v) is 2.14. The molecule has 24 heavy (non-hydrogen) atoms. The summed E-state index contributed by atoms with van der Waals surface area (Å²) in [4.78, 5) is 24.6. The number of benzene rings is 1. The second kappa shape index (κ2) is 9.30. The first-order chi connectivity index (χ1) is 11.2. The van der Waals surface area contributed by atoms with E-state index in [1.54, 1.807) is 14.0 Å². The molecule has 0 saturated carbocycles. The molecule has 0 saturated heterocycles. The Labute approximate surface area is 144 Å². The van der Waals surface area contributed by atoms with E-state index >= 15 is 0 Å². The Bertz CT molecular complexity index is 531. The molecule has 1 aromatic rings. The molecule has 0 N–H and O–H groups in total. The molecule has 0 aromatic heterocycles. The monoisotopic (exact) mass is 335 g/mol.